The predicted molar refractivity (Wildman–Crippen MR) is 79.0 cm³/mol. The van der Waals surface area contributed by atoms with E-state index in [1.54, 1.807) is 0 Å². The van der Waals surface area contributed by atoms with Gasteiger partial charge in [-0.25, -0.2) is 0 Å². The van der Waals surface area contributed by atoms with Crippen molar-refractivity contribution in [3.05, 3.63) is 0 Å². The molecule has 1 aliphatic rings. The minimum absolute atomic E-state index is 0.665. The fourth-order valence-corrected chi connectivity index (χ4v) is 21.8. The van der Waals surface area contributed by atoms with Crippen LogP contribution in [0.2, 0.25) is 39.3 Å². The summed E-state index contributed by atoms with van der Waals surface area (Å²) in [6, 6.07) is 0. The van der Waals surface area contributed by atoms with Crippen LogP contribution in [0.5, 0.6) is 0 Å². The molecule has 0 bridgehead atoms. The van der Waals surface area contributed by atoms with Crippen LogP contribution < -0.4 is 0 Å². The summed E-state index contributed by atoms with van der Waals surface area (Å²) in [6.07, 6.45) is 1.42. The van der Waals surface area contributed by atoms with Gasteiger partial charge < -0.3 is 0 Å². The SMILES string of the molecule is C[Si](C)(C)C1([Si](C)(C)C)SCCCS1. The van der Waals surface area contributed by atoms with E-state index in [2.05, 4.69) is 62.8 Å². The molecule has 0 atom stereocenters. The average molecular weight is 265 g/mol. The lowest BCUT2D eigenvalue weighted by atomic mass is 10.6. The van der Waals surface area contributed by atoms with Crippen LogP contribution in [-0.4, -0.2) is 31.0 Å². The van der Waals surface area contributed by atoms with Crippen LogP contribution in [-0.2, 0) is 0 Å². The van der Waals surface area contributed by atoms with Crippen molar-refractivity contribution in [2.24, 2.45) is 0 Å². The third-order valence-corrected chi connectivity index (χ3v) is 22.9. The molecule has 0 radical (unpaired) electrons. The van der Waals surface area contributed by atoms with Gasteiger partial charge in [0.1, 0.15) is 0 Å². The molecule has 0 aliphatic carbocycles. The van der Waals surface area contributed by atoms with Crippen molar-refractivity contribution >= 4 is 39.7 Å². The molecule has 14 heavy (non-hydrogen) atoms. The summed E-state index contributed by atoms with van der Waals surface area (Å²) in [4.78, 5) is 0. The maximum absolute atomic E-state index is 2.57. The molecule has 0 N–H and O–H groups in total. The normalized spacial score (nSPS) is 23.6. The summed E-state index contributed by atoms with van der Waals surface area (Å²) < 4.78 is 0.665. The predicted octanol–water partition coefficient (Wildman–Crippen LogP) is 4.31. The molecule has 84 valence electrons. The average Bonchev–Trinajstić information content (AvgIpc) is 2.02. The van der Waals surface area contributed by atoms with Crippen LogP contribution in [0, 0.1) is 0 Å². The van der Waals surface area contributed by atoms with Crippen LogP contribution >= 0.6 is 23.5 Å². The van der Waals surface area contributed by atoms with Crippen LogP contribution in [0.4, 0.5) is 0 Å². The van der Waals surface area contributed by atoms with Crippen LogP contribution in [0.15, 0.2) is 0 Å². The highest BCUT2D eigenvalue weighted by atomic mass is 32.2. The van der Waals surface area contributed by atoms with Crippen molar-refractivity contribution in [3.8, 4) is 0 Å². The second-order valence-corrected chi connectivity index (χ2v) is 21.5. The van der Waals surface area contributed by atoms with Gasteiger partial charge in [-0.2, -0.15) is 23.5 Å². The van der Waals surface area contributed by atoms with Crippen molar-refractivity contribution in [2.45, 2.75) is 49.0 Å². The van der Waals surface area contributed by atoms with Crippen molar-refractivity contribution in [1.82, 2.24) is 0 Å². The van der Waals surface area contributed by atoms with Crippen molar-refractivity contribution in [1.29, 1.82) is 0 Å². The molecule has 0 nitrogen and oxygen atoms in total. The van der Waals surface area contributed by atoms with Crippen LogP contribution in [0.25, 0.3) is 0 Å². The summed E-state index contributed by atoms with van der Waals surface area (Å²) in [5.41, 5.74) is 0. The highest BCUT2D eigenvalue weighted by molar-refractivity contribution is 8.24. The number of hydrogen-bond donors (Lipinski definition) is 0. The molecule has 0 amide bonds. The van der Waals surface area contributed by atoms with Gasteiger partial charge in [-0.3, -0.25) is 0 Å². The van der Waals surface area contributed by atoms with Gasteiger partial charge in [-0.05, 0) is 17.9 Å². The Morgan fingerprint density at radius 3 is 1.36 bits per heavy atom. The third kappa shape index (κ3) is 2.28. The van der Waals surface area contributed by atoms with E-state index in [-0.39, 0.29) is 0 Å². The maximum Gasteiger partial charge on any atom is 0.0713 e. The molecule has 0 aromatic rings. The first-order valence-corrected chi connectivity index (χ1v) is 14.5. The van der Waals surface area contributed by atoms with E-state index in [9.17, 15) is 0 Å². The maximum atomic E-state index is 2.57. The number of hydrogen-bond acceptors (Lipinski definition) is 2. The summed E-state index contributed by atoms with van der Waals surface area (Å²) in [5.74, 6) is 2.81. The van der Waals surface area contributed by atoms with Crippen molar-refractivity contribution < 1.29 is 0 Å². The Kier molecular flexibility index (Phi) is 3.95. The highest BCUT2D eigenvalue weighted by Crippen LogP contribution is 2.53. The van der Waals surface area contributed by atoms with Gasteiger partial charge in [0.05, 0.1) is 16.1 Å². The van der Waals surface area contributed by atoms with Gasteiger partial charge in [0, 0.05) is 3.33 Å². The van der Waals surface area contributed by atoms with Gasteiger partial charge in [0.2, 0.25) is 0 Å². The summed E-state index contributed by atoms with van der Waals surface area (Å²) >= 11 is 4.62. The zero-order valence-corrected chi connectivity index (χ0v) is 14.1. The molecule has 1 aliphatic heterocycles. The largest absolute Gasteiger partial charge is 0.151 e. The van der Waals surface area contributed by atoms with E-state index in [1.165, 1.54) is 17.9 Å². The smallest absolute Gasteiger partial charge is 0.0713 e. The van der Waals surface area contributed by atoms with Crippen LogP contribution in [0.3, 0.4) is 0 Å². The summed E-state index contributed by atoms with van der Waals surface area (Å²) in [5, 5.41) is 0. The topological polar surface area (TPSA) is 0 Å². The minimum Gasteiger partial charge on any atom is -0.151 e. The van der Waals surface area contributed by atoms with Gasteiger partial charge in [0.25, 0.3) is 0 Å². The Labute approximate surface area is 100 Å². The molecule has 0 aromatic heterocycles. The summed E-state index contributed by atoms with van der Waals surface area (Å²) in [6.45, 7) is 15.4. The van der Waals surface area contributed by atoms with Crippen molar-refractivity contribution in [2.75, 3.05) is 11.5 Å². The highest BCUT2D eigenvalue weighted by Gasteiger charge is 2.54. The van der Waals surface area contributed by atoms with E-state index in [0.29, 0.717) is 3.33 Å². The van der Waals surface area contributed by atoms with E-state index < -0.39 is 16.1 Å². The molecule has 0 saturated carbocycles. The molecule has 4 heteroatoms. The molecule has 0 spiro atoms. The molecule has 1 rings (SSSR count). The van der Waals surface area contributed by atoms with Gasteiger partial charge in [-0.1, -0.05) is 39.3 Å². The Morgan fingerprint density at radius 1 is 0.786 bits per heavy atom. The zero-order chi connectivity index (χ0) is 11.0. The van der Waals surface area contributed by atoms with E-state index in [4.69, 9.17) is 0 Å². The fourth-order valence-electron chi connectivity index (χ4n) is 2.52. The Bertz CT molecular complexity index is 181. The Morgan fingerprint density at radius 2 is 1.14 bits per heavy atom. The second kappa shape index (κ2) is 4.19. The first-order valence-electron chi connectivity index (χ1n) is 5.49. The van der Waals surface area contributed by atoms with Crippen molar-refractivity contribution in [3.63, 3.8) is 0 Å². The quantitative estimate of drug-likeness (QED) is 0.682. The number of rotatable bonds is 2. The Hall–Kier alpha value is 1.13. The van der Waals surface area contributed by atoms with Crippen LogP contribution in [0.1, 0.15) is 6.42 Å². The first kappa shape index (κ1) is 13.2. The zero-order valence-electron chi connectivity index (χ0n) is 10.4. The molecular weight excluding hydrogens is 240 g/mol. The van der Waals surface area contributed by atoms with E-state index in [0.717, 1.165) is 0 Å². The fraction of sp³-hybridized carbons (Fsp3) is 1.00. The lowest BCUT2D eigenvalue weighted by Gasteiger charge is -2.52. The lowest BCUT2D eigenvalue weighted by Crippen LogP contribution is -2.63. The second-order valence-electron chi connectivity index (χ2n) is 6.17. The molecular formula is C10H24S2Si2. The van der Waals surface area contributed by atoms with Gasteiger partial charge in [-0.15, -0.1) is 0 Å². The third-order valence-electron chi connectivity index (χ3n) is 2.87. The molecule has 1 fully saturated rings. The standard InChI is InChI=1S/C10H24S2Si2/c1-13(2,3)10(14(4,5)6)11-8-7-9-12-10/h7-9H2,1-6H3. The molecule has 0 aromatic carbocycles. The summed E-state index contributed by atoms with van der Waals surface area (Å²) in [7, 11) is -2.11. The van der Waals surface area contributed by atoms with Gasteiger partial charge >= 0.3 is 0 Å². The lowest BCUT2D eigenvalue weighted by molar-refractivity contribution is 1.10. The molecule has 1 heterocycles. The van der Waals surface area contributed by atoms with Gasteiger partial charge in [0.15, 0.2) is 0 Å². The minimum atomic E-state index is -1.05. The van der Waals surface area contributed by atoms with E-state index >= 15 is 0 Å². The Balaban J connectivity index is 3.01. The van der Waals surface area contributed by atoms with E-state index in [1.807, 2.05) is 0 Å². The molecule has 1 saturated heterocycles. The molecule has 0 unspecified atom stereocenters. The first-order chi connectivity index (χ1) is 6.21. The monoisotopic (exact) mass is 264 g/mol. The number of thioether (sulfide) groups is 2.